The van der Waals surface area contributed by atoms with Crippen molar-refractivity contribution in [1.29, 1.82) is 0 Å². The Bertz CT molecular complexity index is 796. The van der Waals surface area contributed by atoms with Crippen LogP contribution in [0.3, 0.4) is 0 Å². The molecule has 3 rings (SSSR count). The van der Waals surface area contributed by atoms with Crippen molar-refractivity contribution >= 4 is 28.8 Å². The molecule has 1 N–H and O–H groups in total. The largest absolute Gasteiger partial charge is 0.481 e. The van der Waals surface area contributed by atoms with Gasteiger partial charge in [0.25, 0.3) is 0 Å². The van der Waals surface area contributed by atoms with Gasteiger partial charge in [-0.3, -0.25) is 9.78 Å². The third-order valence-electron chi connectivity index (χ3n) is 2.80. The second kappa shape index (κ2) is 5.57. The molecular formula is C13H12N4O3S. The summed E-state index contributed by atoms with van der Waals surface area (Å²) in [5.41, 5.74) is 1.59. The van der Waals surface area contributed by atoms with Gasteiger partial charge in [0.05, 0.1) is 23.7 Å². The maximum Gasteiger partial charge on any atom is 0.313 e. The lowest BCUT2D eigenvalue weighted by Crippen LogP contribution is -2.04. The van der Waals surface area contributed by atoms with Gasteiger partial charge < -0.3 is 14.1 Å². The van der Waals surface area contributed by atoms with Gasteiger partial charge in [-0.2, -0.15) is 0 Å². The van der Waals surface area contributed by atoms with Gasteiger partial charge in [-0.25, -0.2) is 9.97 Å². The van der Waals surface area contributed by atoms with E-state index in [1.165, 1.54) is 0 Å². The molecule has 7 nitrogen and oxygen atoms in total. The zero-order chi connectivity index (χ0) is 14.8. The van der Waals surface area contributed by atoms with E-state index in [0.717, 1.165) is 23.0 Å². The number of aryl methyl sites for hydroxylation is 1. The van der Waals surface area contributed by atoms with Crippen molar-refractivity contribution in [3.63, 3.8) is 0 Å². The van der Waals surface area contributed by atoms with Crippen molar-refractivity contribution in [2.75, 3.05) is 5.75 Å². The SMILES string of the molecule is Cc1cnc(Cn2c(SCC(=O)O)nc3cnccc32)o1. The van der Waals surface area contributed by atoms with E-state index in [1.54, 1.807) is 18.6 Å². The lowest BCUT2D eigenvalue weighted by molar-refractivity contribution is -0.133. The minimum Gasteiger partial charge on any atom is -0.481 e. The summed E-state index contributed by atoms with van der Waals surface area (Å²) in [6, 6.07) is 1.84. The summed E-state index contributed by atoms with van der Waals surface area (Å²) in [4.78, 5) is 23.4. The highest BCUT2D eigenvalue weighted by molar-refractivity contribution is 7.99. The van der Waals surface area contributed by atoms with E-state index < -0.39 is 5.97 Å². The molecule has 0 radical (unpaired) electrons. The number of hydrogen-bond acceptors (Lipinski definition) is 6. The van der Waals surface area contributed by atoms with E-state index in [2.05, 4.69) is 15.0 Å². The normalized spacial score (nSPS) is 11.1. The monoisotopic (exact) mass is 304 g/mol. The lowest BCUT2D eigenvalue weighted by atomic mass is 10.4. The number of fused-ring (bicyclic) bond motifs is 1. The fourth-order valence-corrected chi connectivity index (χ4v) is 2.69. The fraction of sp³-hybridized carbons (Fsp3) is 0.231. The van der Waals surface area contributed by atoms with Crippen molar-refractivity contribution in [2.24, 2.45) is 0 Å². The summed E-state index contributed by atoms with van der Waals surface area (Å²) in [5, 5.41) is 9.44. The Morgan fingerprint density at radius 3 is 3.05 bits per heavy atom. The van der Waals surface area contributed by atoms with Crippen LogP contribution in [0.4, 0.5) is 0 Å². The van der Waals surface area contributed by atoms with Gasteiger partial charge in [0.15, 0.2) is 5.16 Å². The summed E-state index contributed by atoms with van der Waals surface area (Å²) in [6.45, 7) is 2.23. The minimum atomic E-state index is -0.885. The molecule has 0 fully saturated rings. The molecule has 0 saturated heterocycles. The van der Waals surface area contributed by atoms with Gasteiger partial charge in [0.2, 0.25) is 5.89 Å². The molecule has 3 aromatic heterocycles. The smallest absolute Gasteiger partial charge is 0.313 e. The highest BCUT2D eigenvalue weighted by atomic mass is 32.2. The first-order chi connectivity index (χ1) is 10.1. The number of pyridine rings is 1. The zero-order valence-electron chi connectivity index (χ0n) is 11.2. The van der Waals surface area contributed by atoms with Crippen LogP contribution in [-0.2, 0) is 11.3 Å². The zero-order valence-corrected chi connectivity index (χ0v) is 12.0. The van der Waals surface area contributed by atoms with Gasteiger partial charge in [-0.05, 0) is 13.0 Å². The Morgan fingerprint density at radius 2 is 2.33 bits per heavy atom. The summed E-state index contributed by atoms with van der Waals surface area (Å²) >= 11 is 1.16. The number of nitrogens with zero attached hydrogens (tertiary/aromatic N) is 4. The Morgan fingerprint density at radius 1 is 1.48 bits per heavy atom. The quantitative estimate of drug-likeness (QED) is 0.720. The summed E-state index contributed by atoms with van der Waals surface area (Å²) < 4.78 is 7.37. The van der Waals surface area contributed by atoms with Crippen molar-refractivity contribution in [1.82, 2.24) is 19.5 Å². The Labute approximate surface area is 124 Å². The van der Waals surface area contributed by atoms with Crippen LogP contribution in [0.15, 0.2) is 34.2 Å². The first-order valence-electron chi connectivity index (χ1n) is 6.19. The molecule has 3 aromatic rings. The third-order valence-corrected chi connectivity index (χ3v) is 3.76. The molecule has 0 amide bonds. The molecule has 0 aliphatic heterocycles. The first kappa shape index (κ1) is 13.6. The second-order valence-electron chi connectivity index (χ2n) is 4.39. The van der Waals surface area contributed by atoms with Crippen molar-refractivity contribution in [3.8, 4) is 0 Å². The molecule has 0 aromatic carbocycles. The van der Waals surface area contributed by atoms with E-state index >= 15 is 0 Å². The molecule has 0 aliphatic rings. The van der Waals surface area contributed by atoms with E-state index in [-0.39, 0.29) is 5.75 Å². The van der Waals surface area contributed by atoms with E-state index in [0.29, 0.717) is 23.1 Å². The third kappa shape index (κ3) is 2.89. The predicted molar refractivity (Wildman–Crippen MR) is 76.2 cm³/mol. The van der Waals surface area contributed by atoms with Crippen LogP contribution in [0.5, 0.6) is 0 Å². The predicted octanol–water partition coefficient (Wildman–Crippen LogP) is 1.95. The highest BCUT2D eigenvalue weighted by Crippen LogP contribution is 2.24. The Hall–Kier alpha value is -2.35. The molecule has 21 heavy (non-hydrogen) atoms. The molecule has 0 spiro atoms. The molecule has 0 bridgehead atoms. The Balaban J connectivity index is 2.00. The Kier molecular flexibility index (Phi) is 3.61. The number of carbonyl (C=O) groups is 1. The number of hydrogen-bond donors (Lipinski definition) is 1. The van der Waals surface area contributed by atoms with Gasteiger partial charge in [0, 0.05) is 6.20 Å². The van der Waals surface area contributed by atoms with E-state index in [9.17, 15) is 4.79 Å². The highest BCUT2D eigenvalue weighted by Gasteiger charge is 2.14. The average Bonchev–Trinajstić information content (AvgIpc) is 3.01. The number of imidazole rings is 1. The second-order valence-corrected chi connectivity index (χ2v) is 5.33. The molecule has 108 valence electrons. The molecule has 3 heterocycles. The van der Waals surface area contributed by atoms with Gasteiger partial charge in [-0.1, -0.05) is 11.8 Å². The van der Waals surface area contributed by atoms with Gasteiger partial charge in [0.1, 0.15) is 17.8 Å². The van der Waals surface area contributed by atoms with Crippen molar-refractivity contribution < 1.29 is 14.3 Å². The number of carboxylic acids is 1. The van der Waals surface area contributed by atoms with Crippen LogP contribution in [0, 0.1) is 6.92 Å². The minimum absolute atomic E-state index is 0.0542. The standard InChI is InChI=1S/C13H12N4O3S/c1-8-4-15-11(20-8)6-17-10-2-3-14-5-9(10)16-13(17)21-7-12(18)19/h2-5H,6-7H2,1H3,(H,18,19). The first-order valence-corrected chi connectivity index (χ1v) is 7.18. The molecule has 8 heteroatoms. The molecular weight excluding hydrogens is 292 g/mol. The number of aliphatic carboxylic acids is 1. The summed E-state index contributed by atoms with van der Waals surface area (Å²) in [7, 11) is 0. The van der Waals surface area contributed by atoms with Crippen LogP contribution < -0.4 is 0 Å². The topological polar surface area (TPSA) is 94.0 Å². The summed E-state index contributed by atoms with van der Waals surface area (Å²) in [6.07, 6.45) is 4.98. The number of oxazole rings is 1. The lowest BCUT2D eigenvalue weighted by Gasteiger charge is -2.05. The maximum atomic E-state index is 10.8. The molecule has 0 unspecified atom stereocenters. The molecule has 0 aliphatic carbocycles. The van der Waals surface area contributed by atoms with Gasteiger partial charge in [-0.15, -0.1) is 0 Å². The van der Waals surface area contributed by atoms with Crippen LogP contribution in [0.1, 0.15) is 11.7 Å². The average molecular weight is 304 g/mol. The van der Waals surface area contributed by atoms with Crippen LogP contribution >= 0.6 is 11.8 Å². The number of thioether (sulfide) groups is 1. The van der Waals surface area contributed by atoms with Gasteiger partial charge >= 0.3 is 5.97 Å². The number of aromatic nitrogens is 4. The molecule has 0 saturated carbocycles. The van der Waals surface area contributed by atoms with Crippen LogP contribution in [-0.4, -0.2) is 36.3 Å². The fourth-order valence-electron chi connectivity index (χ4n) is 1.96. The van der Waals surface area contributed by atoms with Crippen LogP contribution in [0.25, 0.3) is 11.0 Å². The molecule has 0 atom stereocenters. The van der Waals surface area contributed by atoms with E-state index in [1.807, 2.05) is 17.6 Å². The number of carboxylic acid groups (broad SMARTS) is 1. The summed E-state index contributed by atoms with van der Waals surface area (Å²) in [5.74, 6) is 0.349. The van der Waals surface area contributed by atoms with Crippen LogP contribution in [0.2, 0.25) is 0 Å². The number of rotatable bonds is 5. The van der Waals surface area contributed by atoms with Crippen molar-refractivity contribution in [3.05, 3.63) is 36.3 Å². The maximum absolute atomic E-state index is 10.8. The van der Waals surface area contributed by atoms with E-state index in [4.69, 9.17) is 9.52 Å². The van der Waals surface area contributed by atoms with Crippen molar-refractivity contribution in [2.45, 2.75) is 18.6 Å².